The lowest BCUT2D eigenvalue weighted by Crippen LogP contribution is -2.06. The topological polar surface area (TPSA) is 118 Å². The van der Waals surface area contributed by atoms with E-state index in [9.17, 15) is 13.2 Å². The van der Waals surface area contributed by atoms with Crippen molar-refractivity contribution in [3.63, 3.8) is 0 Å². The molecule has 2 aromatic rings. The number of sulfone groups is 1. The molecule has 0 unspecified atom stereocenters. The number of hydrogen-bond donors (Lipinski definition) is 3. The van der Waals surface area contributed by atoms with E-state index in [1.807, 2.05) is 0 Å². The molecular formula is C8H10N4O3S3. The molecule has 0 fully saturated rings. The van der Waals surface area contributed by atoms with Gasteiger partial charge >= 0.3 is 4.87 Å². The summed E-state index contributed by atoms with van der Waals surface area (Å²) in [6, 6.07) is 0. The number of thiazole rings is 1. The van der Waals surface area contributed by atoms with Gasteiger partial charge in [0.15, 0.2) is 15.7 Å². The van der Waals surface area contributed by atoms with E-state index in [4.69, 9.17) is 5.73 Å². The van der Waals surface area contributed by atoms with Crippen molar-refractivity contribution in [3.05, 3.63) is 20.7 Å². The first-order valence-electron chi connectivity index (χ1n) is 4.73. The molecular weight excluding hydrogens is 296 g/mol. The largest absolute Gasteiger partial charge is 0.382 e. The molecule has 10 heteroatoms. The Morgan fingerprint density at radius 3 is 2.83 bits per heavy atom. The molecule has 2 aromatic heterocycles. The van der Waals surface area contributed by atoms with Crippen LogP contribution in [0.2, 0.25) is 0 Å². The summed E-state index contributed by atoms with van der Waals surface area (Å²) in [5.74, 6) is -0.0104. The molecule has 0 radical (unpaired) electrons. The average molecular weight is 306 g/mol. The fourth-order valence-corrected chi connectivity index (χ4v) is 3.99. The van der Waals surface area contributed by atoms with E-state index in [1.165, 1.54) is 0 Å². The van der Waals surface area contributed by atoms with Crippen LogP contribution in [0.15, 0.2) is 15.1 Å². The molecule has 18 heavy (non-hydrogen) atoms. The molecule has 0 spiro atoms. The fraction of sp³-hybridized carbons (Fsp3) is 0.250. The molecule has 0 bridgehead atoms. The van der Waals surface area contributed by atoms with E-state index in [0.29, 0.717) is 17.2 Å². The number of rotatable bonds is 4. The summed E-state index contributed by atoms with van der Waals surface area (Å²) in [6.45, 7) is 0.308. The number of anilines is 2. The van der Waals surface area contributed by atoms with E-state index in [-0.39, 0.29) is 15.6 Å². The third-order valence-electron chi connectivity index (χ3n) is 2.06. The normalized spacial score (nSPS) is 11.6. The Labute approximate surface area is 111 Å². The SMILES string of the molecule is CS(=O)(=O)c1c(N)nsc1NCc1csc(=O)[nH]1. The molecule has 0 atom stereocenters. The molecule has 0 aliphatic carbocycles. The Morgan fingerprint density at radius 2 is 2.28 bits per heavy atom. The molecule has 0 aliphatic rings. The van der Waals surface area contributed by atoms with Crippen LogP contribution in [0.4, 0.5) is 10.8 Å². The number of nitrogens with one attached hydrogen (secondary N) is 2. The quantitative estimate of drug-likeness (QED) is 0.756. The number of nitrogens with two attached hydrogens (primary N) is 1. The van der Waals surface area contributed by atoms with Crippen molar-refractivity contribution in [2.24, 2.45) is 0 Å². The van der Waals surface area contributed by atoms with Crippen LogP contribution in [0.3, 0.4) is 0 Å². The van der Waals surface area contributed by atoms with Gasteiger partial charge in [0.2, 0.25) is 0 Å². The van der Waals surface area contributed by atoms with Crippen LogP contribution in [-0.2, 0) is 16.4 Å². The van der Waals surface area contributed by atoms with Gasteiger partial charge in [-0.25, -0.2) is 8.42 Å². The maximum atomic E-state index is 11.5. The predicted molar refractivity (Wildman–Crippen MR) is 71.9 cm³/mol. The summed E-state index contributed by atoms with van der Waals surface area (Å²) in [6.07, 6.45) is 1.07. The first kappa shape index (κ1) is 13.1. The third-order valence-corrected chi connectivity index (χ3v) is 4.88. The van der Waals surface area contributed by atoms with Gasteiger partial charge in [-0.3, -0.25) is 4.79 Å². The van der Waals surface area contributed by atoms with Gasteiger partial charge in [0.05, 0.1) is 6.54 Å². The molecule has 2 rings (SSSR count). The van der Waals surface area contributed by atoms with Crippen LogP contribution in [0.5, 0.6) is 0 Å². The number of hydrogen-bond acceptors (Lipinski definition) is 8. The molecule has 4 N–H and O–H groups in total. The van der Waals surface area contributed by atoms with E-state index in [1.54, 1.807) is 5.38 Å². The fourth-order valence-electron chi connectivity index (χ4n) is 1.34. The minimum Gasteiger partial charge on any atom is -0.382 e. The Balaban J connectivity index is 2.23. The lowest BCUT2D eigenvalue weighted by molar-refractivity contribution is 0.602. The highest BCUT2D eigenvalue weighted by molar-refractivity contribution is 7.91. The van der Waals surface area contributed by atoms with E-state index in [0.717, 1.165) is 29.1 Å². The van der Waals surface area contributed by atoms with Crippen LogP contribution in [0.25, 0.3) is 0 Å². The van der Waals surface area contributed by atoms with Gasteiger partial charge in [0, 0.05) is 17.3 Å². The highest BCUT2D eigenvalue weighted by atomic mass is 32.2. The number of nitrogen functional groups attached to an aromatic ring is 1. The van der Waals surface area contributed by atoms with Crippen molar-refractivity contribution in [3.8, 4) is 0 Å². The van der Waals surface area contributed by atoms with Crippen LogP contribution in [0, 0.1) is 0 Å². The Kier molecular flexibility index (Phi) is 3.41. The first-order valence-corrected chi connectivity index (χ1v) is 8.28. The van der Waals surface area contributed by atoms with Crippen LogP contribution >= 0.6 is 22.9 Å². The van der Waals surface area contributed by atoms with Gasteiger partial charge in [0.25, 0.3) is 0 Å². The molecule has 0 amide bonds. The number of aromatic nitrogens is 2. The second-order valence-electron chi connectivity index (χ2n) is 3.53. The van der Waals surface area contributed by atoms with Gasteiger partial charge in [-0.2, -0.15) is 4.37 Å². The minimum absolute atomic E-state index is 0.00470. The van der Waals surface area contributed by atoms with Crippen LogP contribution in [0.1, 0.15) is 5.69 Å². The summed E-state index contributed by atoms with van der Waals surface area (Å²) >= 11 is 2.02. The molecule has 0 saturated heterocycles. The lowest BCUT2D eigenvalue weighted by Gasteiger charge is -2.04. The van der Waals surface area contributed by atoms with Crippen molar-refractivity contribution in [2.75, 3.05) is 17.3 Å². The smallest absolute Gasteiger partial charge is 0.304 e. The predicted octanol–water partition coefficient (Wildman–Crippen LogP) is 0.491. The molecule has 0 saturated carbocycles. The standard InChI is InChI=1S/C8H10N4O3S3/c1-18(14,15)5-6(9)12-17-7(5)10-2-4-3-16-8(13)11-4/h3,10H,2H2,1H3,(H2,9,12)(H,11,13). The molecule has 0 aromatic carbocycles. The molecule has 7 nitrogen and oxygen atoms in total. The Bertz CT molecular complexity index is 712. The van der Waals surface area contributed by atoms with E-state index >= 15 is 0 Å². The van der Waals surface area contributed by atoms with Crippen molar-refractivity contribution < 1.29 is 8.42 Å². The lowest BCUT2D eigenvalue weighted by atomic mass is 10.5. The molecule has 0 aliphatic heterocycles. The van der Waals surface area contributed by atoms with Crippen LogP contribution < -0.4 is 15.9 Å². The Morgan fingerprint density at radius 1 is 1.56 bits per heavy atom. The van der Waals surface area contributed by atoms with Gasteiger partial charge < -0.3 is 16.0 Å². The third kappa shape index (κ3) is 2.71. The van der Waals surface area contributed by atoms with Crippen molar-refractivity contribution in [2.45, 2.75) is 11.4 Å². The highest BCUT2D eigenvalue weighted by Gasteiger charge is 2.21. The zero-order chi connectivity index (χ0) is 13.3. The Hall–Kier alpha value is -1.39. The highest BCUT2D eigenvalue weighted by Crippen LogP contribution is 2.31. The molecule has 98 valence electrons. The second kappa shape index (κ2) is 4.71. The summed E-state index contributed by atoms with van der Waals surface area (Å²) in [5.41, 5.74) is 6.20. The second-order valence-corrected chi connectivity index (χ2v) is 7.09. The summed E-state index contributed by atoms with van der Waals surface area (Å²) in [7, 11) is -3.43. The minimum atomic E-state index is -3.43. The zero-order valence-corrected chi connectivity index (χ0v) is 11.7. The maximum absolute atomic E-state index is 11.5. The van der Waals surface area contributed by atoms with E-state index in [2.05, 4.69) is 14.7 Å². The number of aromatic amines is 1. The van der Waals surface area contributed by atoms with Crippen molar-refractivity contribution in [1.29, 1.82) is 0 Å². The van der Waals surface area contributed by atoms with Crippen molar-refractivity contribution in [1.82, 2.24) is 9.36 Å². The number of nitrogens with zero attached hydrogens (tertiary/aromatic N) is 1. The van der Waals surface area contributed by atoms with Gasteiger partial charge in [-0.1, -0.05) is 11.3 Å². The monoisotopic (exact) mass is 306 g/mol. The first-order chi connectivity index (χ1) is 8.38. The maximum Gasteiger partial charge on any atom is 0.304 e. The number of H-pyrrole nitrogens is 1. The summed E-state index contributed by atoms with van der Waals surface area (Å²) < 4.78 is 26.9. The molecule has 2 heterocycles. The van der Waals surface area contributed by atoms with Gasteiger partial charge in [-0.15, -0.1) is 0 Å². The van der Waals surface area contributed by atoms with Crippen molar-refractivity contribution >= 4 is 43.5 Å². The van der Waals surface area contributed by atoms with E-state index < -0.39 is 9.84 Å². The average Bonchev–Trinajstić information content (AvgIpc) is 2.81. The summed E-state index contributed by atoms with van der Waals surface area (Å²) in [5, 5.41) is 4.95. The van der Waals surface area contributed by atoms with Gasteiger partial charge in [-0.05, 0) is 11.5 Å². The van der Waals surface area contributed by atoms with Gasteiger partial charge in [0.1, 0.15) is 9.90 Å². The summed E-state index contributed by atoms with van der Waals surface area (Å²) in [4.78, 5) is 13.4. The van der Waals surface area contributed by atoms with Crippen LogP contribution in [-0.4, -0.2) is 24.0 Å². The zero-order valence-electron chi connectivity index (χ0n) is 9.26.